The van der Waals surface area contributed by atoms with Crippen molar-refractivity contribution in [2.75, 3.05) is 5.32 Å². The van der Waals surface area contributed by atoms with Crippen LogP contribution in [0, 0.1) is 10.1 Å². The van der Waals surface area contributed by atoms with E-state index < -0.39 is 4.92 Å². The van der Waals surface area contributed by atoms with Gasteiger partial charge in [-0.1, -0.05) is 36.4 Å². The molecule has 0 atom stereocenters. The summed E-state index contributed by atoms with van der Waals surface area (Å²) >= 11 is 0. The van der Waals surface area contributed by atoms with Crippen LogP contribution in [-0.2, 0) is 11.2 Å². The fourth-order valence-electron chi connectivity index (χ4n) is 2.99. The van der Waals surface area contributed by atoms with Gasteiger partial charge in [0.1, 0.15) is 0 Å². The molecule has 0 saturated carbocycles. The molecule has 0 unspecified atom stereocenters. The Bertz CT molecular complexity index is 1190. The molecule has 2 aromatic carbocycles. The third-order valence-corrected chi connectivity index (χ3v) is 4.26. The van der Waals surface area contributed by atoms with E-state index in [4.69, 9.17) is 0 Å². The van der Waals surface area contributed by atoms with Crippen molar-refractivity contribution < 1.29 is 9.72 Å². The zero-order valence-electron chi connectivity index (χ0n) is 14.6. The molecular formula is C20H15N5O3. The first-order valence-corrected chi connectivity index (χ1v) is 8.54. The molecule has 0 fully saturated rings. The Morgan fingerprint density at radius 3 is 2.71 bits per heavy atom. The minimum Gasteiger partial charge on any atom is -0.326 e. The third-order valence-electron chi connectivity index (χ3n) is 4.26. The second-order valence-electron chi connectivity index (χ2n) is 6.14. The number of nitrogens with one attached hydrogen (secondary N) is 1. The fourth-order valence-corrected chi connectivity index (χ4v) is 2.99. The number of amides is 1. The first-order chi connectivity index (χ1) is 13.6. The number of hydrogen-bond acceptors (Lipinski definition) is 5. The highest BCUT2D eigenvalue weighted by atomic mass is 16.6. The normalized spacial score (nSPS) is 10.7. The van der Waals surface area contributed by atoms with Crippen LogP contribution in [0.5, 0.6) is 0 Å². The van der Waals surface area contributed by atoms with Gasteiger partial charge in [-0.15, -0.1) is 10.2 Å². The minimum absolute atomic E-state index is 0.0682. The van der Waals surface area contributed by atoms with Crippen molar-refractivity contribution in [2.24, 2.45) is 0 Å². The van der Waals surface area contributed by atoms with Gasteiger partial charge >= 0.3 is 0 Å². The van der Waals surface area contributed by atoms with Crippen LogP contribution in [-0.4, -0.2) is 25.4 Å². The van der Waals surface area contributed by atoms with Gasteiger partial charge in [-0.2, -0.15) is 0 Å². The first-order valence-electron chi connectivity index (χ1n) is 8.54. The monoisotopic (exact) mass is 373 g/mol. The number of carbonyl (C=O) groups is 1. The molecule has 4 rings (SSSR count). The molecule has 0 spiro atoms. The summed E-state index contributed by atoms with van der Waals surface area (Å²) < 4.78 is 1.86. The summed E-state index contributed by atoms with van der Waals surface area (Å²) in [6, 6.07) is 19.1. The summed E-state index contributed by atoms with van der Waals surface area (Å²) in [7, 11) is 0. The van der Waals surface area contributed by atoms with Crippen LogP contribution in [0.25, 0.3) is 17.0 Å². The summed E-state index contributed by atoms with van der Waals surface area (Å²) in [6.45, 7) is 0. The van der Waals surface area contributed by atoms with E-state index >= 15 is 0 Å². The lowest BCUT2D eigenvalue weighted by atomic mass is 10.1. The Labute approximate surface area is 159 Å². The van der Waals surface area contributed by atoms with Crippen molar-refractivity contribution in [3.8, 4) is 11.4 Å². The number of anilines is 1. The summed E-state index contributed by atoms with van der Waals surface area (Å²) in [5.74, 6) is 0.322. The number of fused-ring (bicyclic) bond motifs is 1. The summed E-state index contributed by atoms with van der Waals surface area (Å²) in [4.78, 5) is 23.0. The van der Waals surface area contributed by atoms with E-state index in [1.807, 2.05) is 34.9 Å². The molecule has 138 valence electrons. The van der Waals surface area contributed by atoms with Crippen molar-refractivity contribution in [1.29, 1.82) is 0 Å². The zero-order chi connectivity index (χ0) is 19.5. The van der Waals surface area contributed by atoms with Gasteiger partial charge in [-0.25, -0.2) is 0 Å². The van der Waals surface area contributed by atoms with Crippen molar-refractivity contribution in [1.82, 2.24) is 14.6 Å². The average molecular weight is 373 g/mol. The molecule has 0 saturated heterocycles. The predicted octanol–water partition coefficient (Wildman–Crippen LogP) is 3.49. The van der Waals surface area contributed by atoms with Crippen LogP contribution < -0.4 is 5.32 Å². The van der Waals surface area contributed by atoms with Crippen molar-refractivity contribution in [3.05, 3.63) is 88.6 Å². The van der Waals surface area contributed by atoms with Gasteiger partial charge < -0.3 is 5.32 Å². The average Bonchev–Trinajstić information content (AvgIpc) is 3.12. The molecule has 28 heavy (non-hydrogen) atoms. The van der Waals surface area contributed by atoms with Crippen LogP contribution in [0.2, 0.25) is 0 Å². The number of nitrogens with zero attached hydrogens (tertiary/aromatic N) is 4. The SMILES string of the molecule is O=C(Cc1ccccc1[N+](=O)[O-])Nc1cccc(-c2nnc3ccccn23)c1. The van der Waals surface area contributed by atoms with Gasteiger partial charge in [0.15, 0.2) is 11.5 Å². The van der Waals surface area contributed by atoms with Gasteiger partial charge in [0.2, 0.25) is 5.91 Å². The molecule has 2 aromatic heterocycles. The number of nitro benzene ring substituents is 1. The van der Waals surface area contributed by atoms with Gasteiger partial charge in [-0.05, 0) is 24.3 Å². The van der Waals surface area contributed by atoms with Crippen molar-refractivity contribution >= 4 is 22.9 Å². The highest BCUT2D eigenvalue weighted by Crippen LogP contribution is 2.23. The van der Waals surface area contributed by atoms with Gasteiger partial charge in [0, 0.05) is 29.1 Å². The Kier molecular flexibility index (Phi) is 4.51. The van der Waals surface area contributed by atoms with Crippen molar-refractivity contribution in [2.45, 2.75) is 6.42 Å². The van der Waals surface area contributed by atoms with Crippen LogP contribution in [0.15, 0.2) is 72.9 Å². The van der Waals surface area contributed by atoms with Gasteiger partial charge in [-0.3, -0.25) is 19.3 Å². The largest absolute Gasteiger partial charge is 0.326 e. The molecule has 0 radical (unpaired) electrons. The summed E-state index contributed by atoms with van der Waals surface area (Å²) in [5, 5.41) is 22.2. The fraction of sp³-hybridized carbons (Fsp3) is 0.0500. The number of aromatic nitrogens is 3. The van der Waals surface area contributed by atoms with Gasteiger partial charge in [0.25, 0.3) is 5.69 Å². The van der Waals surface area contributed by atoms with E-state index in [1.165, 1.54) is 6.07 Å². The smallest absolute Gasteiger partial charge is 0.273 e. The molecule has 2 heterocycles. The molecule has 8 nitrogen and oxygen atoms in total. The van der Waals surface area contributed by atoms with Crippen molar-refractivity contribution in [3.63, 3.8) is 0 Å². The minimum atomic E-state index is -0.486. The summed E-state index contributed by atoms with van der Waals surface area (Å²) in [6.07, 6.45) is 1.78. The zero-order valence-corrected chi connectivity index (χ0v) is 14.6. The summed E-state index contributed by atoms with van der Waals surface area (Å²) in [5.41, 5.74) is 2.39. The van der Waals surface area contributed by atoms with E-state index in [2.05, 4.69) is 15.5 Å². The number of rotatable bonds is 5. The Morgan fingerprint density at radius 1 is 1.04 bits per heavy atom. The van der Waals surface area contributed by atoms with E-state index in [-0.39, 0.29) is 18.0 Å². The molecule has 1 amide bonds. The number of nitro groups is 1. The van der Waals surface area contributed by atoms with Crippen LogP contribution in [0.4, 0.5) is 11.4 Å². The maximum atomic E-state index is 12.4. The molecule has 1 N–H and O–H groups in total. The molecule has 0 bridgehead atoms. The van der Waals surface area contributed by atoms with Crippen LogP contribution in [0.3, 0.4) is 0 Å². The predicted molar refractivity (Wildman–Crippen MR) is 104 cm³/mol. The maximum Gasteiger partial charge on any atom is 0.273 e. The second-order valence-corrected chi connectivity index (χ2v) is 6.14. The highest BCUT2D eigenvalue weighted by Gasteiger charge is 2.16. The number of pyridine rings is 1. The van der Waals surface area contributed by atoms with Crippen LogP contribution >= 0.6 is 0 Å². The standard InChI is InChI=1S/C20H15N5O3/c26-19(13-14-6-1-2-9-17(14)25(27)28)21-16-8-5-7-15(12-16)20-23-22-18-10-3-4-11-24(18)20/h1-12H,13H2,(H,21,26). The van der Waals surface area contributed by atoms with E-state index in [0.717, 1.165) is 11.2 Å². The van der Waals surface area contributed by atoms with E-state index in [0.29, 0.717) is 17.1 Å². The first kappa shape index (κ1) is 17.3. The molecule has 0 aliphatic heterocycles. The van der Waals surface area contributed by atoms with Crippen LogP contribution in [0.1, 0.15) is 5.56 Å². The Hall–Kier alpha value is -4.07. The Balaban J connectivity index is 1.56. The topological polar surface area (TPSA) is 102 Å². The lowest BCUT2D eigenvalue weighted by Crippen LogP contribution is -2.15. The number of carbonyl (C=O) groups excluding carboxylic acids is 1. The molecule has 0 aliphatic carbocycles. The van der Waals surface area contributed by atoms with E-state index in [1.54, 1.807) is 36.4 Å². The molecule has 0 aliphatic rings. The number of para-hydroxylation sites is 1. The number of hydrogen-bond donors (Lipinski definition) is 1. The second kappa shape index (κ2) is 7.28. The quantitative estimate of drug-likeness (QED) is 0.426. The molecule has 8 heteroatoms. The molecular weight excluding hydrogens is 358 g/mol. The maximum absolute atomic E-state index is 12.4. The lowest BCUT2D eigenvalue weighted by Gasteiger charge is -2.07. The molecule has 4 aromatic rings. The van der Waals surface area contributed by atoms with E-state index in [9.17, 15) is 14.9 Å². The van der Waals surface area contributed by atoms with Gasteiger partial charge in [0.05, 0.1) is 11.3 Å². The Morgan fingerprint density at radius 2 is 1.86 bits per heavy atom. The number of benzene rings is 2. The lowest BCUT2D eigenvalue weighted by molar-refractivity contribution is -0.385. The highest BCUT2D eigenvalue weighted by molar-refractivity contribution is 5.93. The third kappa shape index (κ3) is 3.43.